The summed E-state index contributed by atoms with van der Waals surface area (Å²) in [5.41, 5.74) is 0. The van der Waals surface area contributed by atoms with Crippen LogP contribution >= 0.6 is 0 Å². The monoisotopic (exact) mass is 300 g/mol. The number of urea groups is 1. The first kappa shape index (κ1) is 17.8. The van der Waals surface area contributed by atoms with Crippen molar-refractivity contribution >= 4 is 12.0 Å². The molecule has 1 heterocycles. The number of aliphatic carboxylic acids is 1. The molecule has 0 saturated carbocycles. The Hall–Kier alpha value is -1.30. The second kappa shape index (κ2) is 10.4. The normalized spacial score (nSPS) is 18.5. The van der Waals surface area contributed by atoms with Gasteiger partial charge in [-0.3, -0.25) is 4.79 Å². The average Bonchev–Trinajstić information content (AvgIpc) is 2.46. The number of likely N-dealkylation sites (tertiary alicyclic amines) is 1. The van der Waals surface area contributed by atoms with Gasteiger partial charge in [-0.05, 0) is 38.5 Å². The summed E-state index contributed by atoms with van der Waals surface area (Å²) in [4.78, 5) is 24.3. The molecule has 2 amide bonds. The minimum atomic E-state index is -0.747. The maximum Gasteiger partial charge on any atom is 0.317 e. The summed E-state index contributed by atoms with van der Waals surface area (Å²) in [6.45, 7) is 1.53. The van der Waals surface area contributed by atoms with Crippen LogP contribution in [0.15, 0.2) is 0 Å². The predicted octanol–water partition coefficient (Wildman–Crippen LogP) is 1.97. The van der Waals surface area contributed by atoms with Gasteiger partial charge in [0.2, 0.25) is 0 Å². The number of rotatable bonds is 9. The fourth-order valence-electron chi connectivity index (χ4n) is 2.77. The summed E-state index contributed by atoms with van der Waals surface area (Å²) in [6.07, 6.45) is 7.42. The number of nitrogens with one attached hydrogen (secondary N) is 1. The highest BCUT2D eigenvalue weighted by molar-refractivity contribution is 5.74. The predicted molar refractivity (Wildman–Crippen MR) is 80.2 cm³/mol. The molecule has 21 heavy (non-hydrogen) atoms. The van der Waals surface area contributed by atoms with Crippen molar-refractivity contribution in [2.45, 2.75) is 63.8 Å². The van der Waals surface area contributed by atoms with Crippen molar-refractivity contribution in [2.24, 2.45) is 0 Å². The lowest BCUT2D eigenvalue weighted by atomic mass is 10.0. The topological polar surface area (TPSA) is 89.9 Å². The van der Waals surface area contributed by atoms with Crippen molar-refractivity contribution in [3.05, 3.63) is 0 Å². The first-order chi connectivity index (χ1) is 10.1. The molecule has 0 bridgehead atoms. The Bertz CT molecular complexity index is 321. The SMILES string of the molecule is O=C(O)CCCCCCNC(=O)N1CCCCC1CCO. The van der Waals surface area contributed by atoms with Gasteiger partial charge in [0.05, 0.1) is 0 Å². The third-order valence-electron chi connectivity index (χ3n) is 3.94. The van der Waals surface area contributed by atoms with Crippen LogP contribution in [0.3, 0.4) is 0 Å². The van der Waals surface area contributed by atoms with Gasteiger partial charge in [0, 0.05) is 32.2 Å². The zero-order valence-corrected chi connectivity index (χ0v) is 12.7. The van der Waals surface area contributed by atoms with E-state index in [1.165, 1.54) is 0 Å². The Morgan fingerprint density at radius 3 is 2.62 bits per heavy atom. The van der Waals surface area contributed by atoms with Crippen LogP contribution in [0.5, 0.6) is 0 Å². The van der Waals surface area contributed by atoms with Crippen molar-refractivity contribution < 1.29 is 19.8 Å². The lowest BCUT2D eigenvalue weighted by Crippen LogP contribution is -2.49. The summed E-state index contributed by atoms with van der Waals surface area (Å²) in [7, 11) is 0. The molecule has 0 aromatic rings. The summed E-state index contributed by atoms with van der Waals surface area (Å²) in [5.74, 6) is -0.747. The number of carbonyl (C=O) groups excluding carboxylic acids is 1. The highest BCUT2D eigenvalue weighted by Gasteiger charge is 2.25. The molecule has 1 aliphatic rings. The molecule has 0 aliphatic carbocycles. The zero-order chi connectivity index (χ0) is 15.5. The molecule has 0 aromatic heterocycles. The number of hydrogen-bond acceptors (Lipinski definition) is 3. The molecule has 0 aromatic carbocycles. The zero-order valence-electron chi connectivity index (χ0n) is 12.7. The Morgan fingerprint density at radius 1 is 1.14 bits per heavy atom. The quantitative estimate of drug-likeness (QED) is 0.568. The van der Waals surface area contributed by atoms with E-state index in [0.717, 1.165) is 45.1 Å². The molecule has 6 nitrogen and oxygen atoms in total. The molecule has 0 radical (unpaired) electrons. The van der Waals surface area contributed by atoms with E-state index in [4.69, 9.17) is 10.2 Å². The maximum atomic E-state index is 12.1. The van der Waals surface area contributed by atoms with Crippen LogP contribution in [0.4, 0.5) is 4.79 Å². The van der Waals surface area contributed by atoms with E-state index in [1.807, 2.05) is 4.90 Å². The van der Waals surface area contributed by atoms with Crippen LogP contribution in [-0.2, 0) is 4.79 Å². The molecule has 0 spiro atoms. The van der Waals surface area contributed by atoms with E-state index < -0.39 is 5.97 Å². The number of aliphatic hydroxyl groups is 1. The lowest BCUT2D eigenvalue weighted by Gasteiger charge is -2.35. The second-order valence-corrected chi connectivity index (χ2v) is 5.65. The van der Waals surface area contributed by atoms with E-state index in [9.17, 15) is 9.59 Å². The van der Waals surface area contributed by atoms with Crippen molar-refractivity contribution in [1.29, 1.82) is 0 Å². The lowest BCUT2D eigenvalue weighted by molar-refractivity contribution is -0.137. The van der Waals surface area contributed by atoms with Crippen LogP contribution < -0.4 is 5.32 Å². The molecule has 1 saturated heterocycles. The minimum Gasteiger partial charge on any atom is -0.481 e. The third-order valence-corrected chi connectivity index (χ3v) is 3.94. The van der Waals surface area contributed by atoms with Gasteiger partial charge in [-0.1, -0.05) is 12.8 Å². The number of aliphatic hydroxyl groups excluding tert-OH is 1. The van der Waals surface area contributed by atoms with Crippen LogP contribution in [0, 0.1) is 0 Å². The van der Waals surface area contributed by atoms with Crippen LogP contribution in [0.2, 0.25) is 0 Å². The van der Waals surface area contributed by atoms with Crippen LogP contribution in [0.25, 0.3) is 0 Å². The second-order valence-electron chi connectivity index (χ2n) is 5.65. The molecule has 1 atom stereocenters. The Balaban J connectivity index is 2.13. The fraction of sp³-hybridized carbons (Fsp3) is 0.867. The Kier molecular flexibility index (Phi) is 8.82. The van der Waals surface area contributed by atoms with Gasteiger partial charge in [0.15, 0.2) is 0 Å². The van der Waals surface area contributed by atoms with Crippen molar-refractivity contribution in [3.8, 4) is 0 Å². The Morgan fingerprint density at radius 2 is 1.90 bits per heavy atom. The van der Waals surface area contributed by atoms with Gasteiger partial charge in [0.1, 0.15) is 0 Å². The van der Waals surface area contributed by atoms with Gasteiger partial charge in [-0.2, -0.15) is 0 Å². The smallest absolute Gasteiger partial charge is 0.317 e. The van der Waals surface area contributed by atoms with Crippen molar-refractivity contribution in [1.82, 2.24) is 10.2 Å². The molecule has 1 rings (SSSR count). The van der Waals surface area contributed by atoms with E-state index in [1.54, 1.807) is 0 Å². The van der Waals surface area contributed by atoms with E-state index in [0.29, 0.717) is 19.4 Å². The molecule has 1 aliphatic heterocycles. The standard InChI is InChI=1S/C15H28N2O4/c18-12-9-13-7-4-6-11-17(13)15(21)16-10-5-2-1-3-8-14(19)20/h13,18H,1-12H2,(H,16,21)(H,19,20). The van der Waals surface area contributed by atoms with Gasteiger partial charge >= 0.3 is 12.0 Å². The summed E-state index contributed by atoms with van der Waals surface area (Å²) in [6, 6.07) is 0.137. The summed E-state index contributed by atoms with van der Waals surface area (Å²) < 4.78 is 0. The largest absolute Gasteiger partial charge is 0.481 e. The van der Waals surface area contributed by atoms with E-state index in [-0.39, 0.29) is 25.1 Å². The number of hydrogen-bond donors (Lipinski definition) is 3. The third kappa shape index (κ3) is 7.32. The molecular formula is C15H28N2O4. The summed E-state index contributed by atoms with van der Waals surface area (Å²) >= 11 is 0. The highest BCUT2D eigenvalue weighted by Crippen LogP contribution is 2.19. The first-order valence-electron chi connectivity index (χ1n) is 8.02. The van der Waals surface area contributed by atoms with Crippen LogP contribution in [-0.4, -0.2) is 52.9 Å². The number of amides is 2. The molecule has 3 N–H and O–H groups in total. The number of carboxylic acids is 1. The van der Waals surface area contributed by atoms with Gasteiger partial charge in [-0.25, -0.2) is 4.79 Å². The maximum absolute atomic E-state index is 12.1. The van der Waals surface area contributed by atoms with Gasteiger partial charge < -0.3 is 20.4 Å². The number of carboxylic acid groups (broad SMARTS) is 1. The minimum absolute atomic E-state index is 0.0290. The molecule has 6 heteroatoms. The molecule has 122 valence electrons. The molecule has 1 unspecified atom stereocenters. The number of piperidine rings is 1. The van der Waals surface area contributed by atoms with Gasteiger partial charge in [-0.15, -0.1) is 0 Å². The van der Waals surface area contributed by atoms with Crippen molar-refractivity contribution in [2.75, 3.05) is 19.7 Å². The molecule has 1 fully saturated rings. The molecular weight excluding hydrogens is 272 g/mol. The van der Waals surface area contributed by atoms with Crippen molar-refractivity contribution in [3.63, 3.8) is 0 Å². The first-order valence-corrected chi connectivity index (χ1v) is 8.02. The van der Waals surface area contributed by atoms with E-state index >= 15 is 0 Å². The highest BCUT2D eigenvalue weighted by atomic mass is 16.4. The number of carbonyl (C=O) groups is 2. The van der Waals surface area contributed by atoms with Gasteiger partial charge in [0.25, 0.3) is 0 Å². The Labute approximate surface area is 126 Å². The number of nitrogens with zero attached hydrogens (tertiary/aromatic N) is 1. The summed E-state index contributed by atoms with van der Waals surface area (Å²) in [5, 5.41) is 20.5. The average molecular weight is 300 g/mol. The van der Waals surface area contributed by atoms with E-state index in [2.05, 4.69) is 5.32 Å². The number of unbranched alkanes of at least 4 members (excludes halogenated alkanes) is 3. The van der Waals surface area contributed by atoms with Crippen LogP contribution in [0.1, 0.15) is 57.8 Å². The fourth-order valence-corrected chi connectivity index (χ4v) is 2.77.